The molecule has 1 amide bonds. The zero-order valence-electron chi connectivity index (χ0n) is 10.1. The third-order valence-electron chi connectivity index (χ3n) is 2.65. The minimum atomic E-state index is -0.519. The van der Waals surface area contributed by atoms with Crippen molar-refractivity contribution >= 4 is 11.6 Å². The van der Waals surface area contributed by atoms with E-state index in [4.69, 9.17) is 14.7 Å². The Morgan fingerprint density at radius 2 is 2.17 bits per heavy atom. The van der Waals surface area contributed by atoms with E-state index in [0.717, 1.165) is 0 Å². The van der Waals surface area contributed by atoms with E-state index in [1.54, 1.807) is 31.2 Å². The summed E-state index contributed by atoms with van der Waals surface area (Å²) in [4.78, 5) is 11.8. The normalized spacial score (nSPS) is 16.4. The third-order valence-corrected chi connectivity index (χ3v) is 2.65. The van der Waals surface area contributed by atoms with Crippen molar-refractivity contribution in [2.75, 3.05) is 18.5 Å². The van der Waals surface area contributed by atoms with Gasteiger partial charge < -0.3 is 14.8 Å². The summed E-state index contributed by atoms with van der Waals surface area (Å²) >= 11 is 0. The lowest BCUT2D eigenvalue weighted by Crippen LogP contribution is -2.41. The van der Waals surface area contributed by atoms with Crippen LogP contribution < -0.4 is 5.32 Å². The van der Waals surface area contributed by atoms with Gasteiger partial charge in [0, 0.05) is 5.69 Å². The van der Waals surface area contributed by atoms with Gasteiger partial charge in [0.15, 0.2) is 0 Å². The van der Waals surface area contributed by atoms with Gasteiger partial charge in [-0.1, -0.05) is 0 Å². The van der Waals surface area contributed by atoms with E-state index in [1.807, 2.05) is 6.07 Å². The van der Waals surface area contributed by atoms with Gasteiger partial charge in [-0.05, 0) is 31.2 Å². The minimum Gasteiger partial charge on any atom is -0.376 e. The van der Waals surface area contributed by atoms with Crippen molar-refractivity contribution in [3.8, 4) is 6.07 Å². The predicted octanol–water partition coefficient (Wildman–Crippen LogP) is 1.30. The highest BCUT2D eigenvalue weighted by atomic mass is 16.6. The fourth-order valence-corrected chi connectivity index (χ4v) is 1.52. The summed E-state index contributed by atoms with van der Waals surface area (Å²) in [7, 11) is 0. The average molecular weight is 246 g/mol. The topological polar surface area (TPSA) is 71.3 Å². The largest absolute Gasteiger partial charge is 0.376 e. The maximum absolute atomic E-state index is 11.8. The molecule has 1 aromatic carbocycles. The van der Waals surface area contributed by atoms with Gasteiger partial charge >= 0.3 is 0 Å². The number of hydrogen-bond acceptors (Lipinski definition) is 4. The Hall–Kier alpha value is -1.90. The van der Waals surface area contributed by atoms with Crippen molar-refractivity contribution in [1.29, 1.82) is 5.26 Å². The van der Waals surface area contributed by atoms with Gasteiger partial charge in [0.25, 0.3) is 5.91 Å². The molecule has 1 heterocycles. The van der Waals surface area contributed by atoms with Crippen molar-refractivity contribution in [2.45, 2.75) is 19.1 Å². The molecular formula is C13H14N2O3. The fraction of sp³-hybridized carbons (Fsp3) is 0.385. The molecule has 1 fully saturated rings. The molecule has 1 unspecified atom stereocenters. The van der Waals surface area contributed by atoms with E-state index in [1.165, 1.54) is 0 Å². The highest BCUT2D eigenvalue weighted by Gasteiger charge is 2.24. The van der Waals surface area contributed by atoms with Crippen molar-refractivity contribution in [1.82, 2.24) is 0 Å². The number of nitriles is 1. The van der Waals surface area contributed by atoms with Gasteiger partial charge in [0.1, 0.15) is 12.2 Å². The summed E-state index contributed by atoms with van der Waals surface area (Å²) in [6.07, 6.45) is -0.499. The van der Waals surface area contributed by atoms with Crippen molar-refractivity contribution in [2.24, 2.45) is 0 Å². The number of carbonyl (C=O) groups is 1. The monoisotopic (exact) mass is 246 g/mol. The van der Waals surface area contributed by atoms with Gasteiger partial charge in [0.05, 0.1) is 24.8 Å². The Labute approximate surface area is 105 Å². The van der Waals surface area contributed by atoms with Gasteiger partial charge in [-0.25, -0.2) is 0 Å². The Kier molecular flexibility index (Phi) is 3.92. The quantitative estimate of drug-likeness (QED) is 0.869. The first-order valence-corrected chi connectivity index (χ1v) is 5.73. The molecule has 1 atom stereocenters. The summed E-state index contributed by atoms with van der Waals surface area (Å²) in [5.74, 6) is -0.202. The number of amides is 1. The molecule has 0 spiro atoms. The number of hydrogen-bond donors (Lipinski definition) is 1. The first-order chi connectivity index (χ1) is 8.69. The summed E-state index contributed by atoms with van der Waals surface area (Å²) < 4.78 is 10.4. The van der Waals surface area contributed by atoms with Gasteiger partial charge in [-0.2, -0.15) is 5.26 Å². The minimum absolute atomic E-state index is 0.0201. The van der Waals surface area contributed by atoms with E-state index < -0.39 is 6.10 Å². The molecule has 1 saturated heterocycles. The molecular weight excluding hydrogens is 232 g/mol. The number of nitrogens with zero attached hydrogens (tertiary/aromatic N) is 1. The molecule has 2 rings (SSSR count). The molecule has 0 bridgehead atoms. The van der Waals surface area contributed by atoms with E-state index in [-0.39, 0.29) is 12.0 Å². The second-order valence-corrected chi connectivity index (χ2v) is 4.12. The number of carbonyl (C=O) groups excluding carboxylic acids is 1. The van der Waals surface area contributed by atoms with Gasteiger partial charge in [-0.15, -0.1) is 0 Å². The molecule has 94 valence electrons. The Morgan fingerprint density at radius 3 is 2.67 bits per heavy atom. The molecule has 5 heteroatoms. The zero-order valence-corrected chi connectivity index (χ0v) is 10.1. The van der Waals surface area contributed by atoms with Crippen LogP contribution in [0.5, 0.6) is 0 Å². The standard InChI is InChI=1S/C13H14N2O3/c1-9(18-12-7-17-8-12)13(16)15-11-4-2-10(6-14)3-5-11/h2-5,9,12H,7-8H2,1H3,(H,15,16). The van der Waals surface area contributed by atoms with Crippen LogP contribution in [0.2, 0.25) is 0 Å². The third kappa shape index (κ3) is 3.06. The lowest BCUT2D eigenvalue weighted by Gasteiger charge is -2.28. The predicted molar refractivity (Wildman–Crippen MR) is 64.9 cm³/mol. The summed E-state index contributed by atoms with van der Waals surface area (Å²) in [6, 6.07) is 8.71. The van der Waals surface area contributed by atoms with Crippen molar-refractivity contribution in [3.05, 3.63) is 29.8 Å². The lowest BCUT2D eigenvalue weighted by molar-refractivity contribution is -0.161. The number of rotatable bonds is 4. The summed E-state index contributed by atoms with van der Waals surface area (Å²) in [5, 5.41) is 11.4. The van der Waals surface area contributed by atoms with Crippen LogP contribution in [-0.4, -0.2) is 31.3 Å². The first kappa shape index (κ1) is 12.6. The van der Waals surface area contributed by atoms with Crippen LogP contribution in [0, 0.1) is 11.3 Å². The molecule has 1 aliphatic rings. The maximum Gasteiger partial charge on any atom is 0.253 e. The van der Waals surface area contributed by atoms with Crippen LogP contribution in [0.1, 0.15) is 12.5 Å². The summed E-state index contributed by atoms with van der Waals surface area (Å²) in [6.45, 7) is 2.81. The highest BCUT2D eigenvalue weighted by Crippen LogP contribution is 2.12. The summed E-state index contributed by atoms with van der Waals surface area (Å²) in [5.41, 5.74) is 1.21. The molecule has 1 aliphatic heterocycles. The van der Waals surface area contributed by atoms with Crippen LogP contribution in [0.4, 0.5) is 5.69 Å². The maximum atomic E-state index is 11.8. The number of nitrogens with one attached hydrogen (secondary N) is 1. The van der Waals surface area contributed by atoms with Crippen LogP contribution in [-0.2, 0) is 14.3 Å². The van der Waals surface area contributed by atoms with Crippen molar-refractivity contribution < 1.29 is 14.3 Å². The van der Waals surface area contributed by atoms with E-state index in [2.05, 4.69) is 5.32 Å². The number of ether oxygens (including phenoxy) is 2. The molecule has 5 nitrogen and oxygen atoms in total. The molecule has 0 aromatic heterocycles. The highest BCUT2D eigenvalue weighted by molar-refractivity contribution is 5.93. The molecule has 0 radical (unpaired) electrons. The van der Waals surface area contributed by atoms with Crippen LogP contribution in [0.15, 0.2) is 24.3 Å². The van der Waals surface area contributed by atoms with Crippen molar-refractivity contribution in [3.63, 3.8) is 0 Å². The van der Waals surface area contributed by atoms with E-state index in [0.29, 0.717) is 24.5 Å². The van der Waals surface area contributed by atoms with Crippen LogP contribution >= 0.6 is 0 Å². The average Bonchev–Trinajstić information content (AvgIpc) is 2.34. The zero-order chi connectivity index (χ0) is 13.0. The second-order valence-electron chi connectivity index (χ2n) is 4.12. The number of benzene rings is 1. The molecule has 0 aliphatic carbocycles. The Morgan fingerprint density at radius 1 is 1.50 bits per heavy atom. The van der Waals surface area contributed by atoms with E-state index in [9.17, 15) is 4.79 Å². The second kappa shape index (κ2) is 5.63. The van der Waals surface area contributed by atoms with E-state index >= 15 is 0 Å². The van der Waals surface area contributed by atoms with Crippen LogP contribution in [0.25, 0.3) is 0 Å². The van der Waals surface area contributed by atoms with Crippen LogP contribution in [0.3, 0.4) is 0 Å². The van der Waals surface area contributed by atoms with Gasteiger partial charge in [0.2, 0.25) is 0 Å². The van der Waals surface area contributed by atoms with Gasteiger partial charge in [-0.3, -0.25) is 4.79 Å². The SMILES string of the molecule is CC(OC1COC1)C(=O)Nc1ccc(C#N)cc1. The fourth-order valence-electron chi connectivity index (χ4n) is 1.52. The Bertz CT molecular complexity index is 460. The number of anilines is 1. The first-order valence-electron chi connectivity index (χ1n) is 5.73. The molecule has 18 heavy (non-hydrogen) atoms. The molecule has 1 aromatic rings. The smallest absolute Gasteiger partial charge is 0.253 e. The molecule has 0 saturated carbocycles. The Balaban J connectivity index is 1.87. The molecule has 1 N–H and O–H groups in total. The lowest BCUT2D eigenvalue weighted by atomic mass is 10.2.